The molecule has 4 aliphatic rings. The van der Waals surface area contributed by atoms with Crippen LogP contribution in [-0.2, 0) is 4.79 Å². The lowest BCUT2D eigenvalue weighted by Crippen LogP contribution is -2.50. The van der Waals surface area contributed by atoms with Gasteiger partial charge >= 0.3 is 0 Å². The Kier molecular flexibility index (Phi) is 1.75. The van der Waals surface area contributed by atoms with Gasteiger partial charge in [-0.15, -0.1) is 0 Å². The lowest BCUT2D eigenvalue weighted by molar-refractivity contribution is -0.132. The molecule has 4 rings (SSSR count). The van der Waals surface area contributed by atoms with Crippen molar-refractivity contribution in [2.24, 2.45) is 28.6 Å². The van der Waals surface area contributed by atoms with E-state index in [0.29, 0.717) is 24.8 Å². The summed E-state index contributed by atoms with van der Waals surface area (Å²) in [6.45, 7) is 3.68. The molecule has 2 heteroatoms. The summed E-state index contributed by atoms with van der Waals surface area (Å²) in [5, 5.41) is 10.5. The van der Waals surface area contributed by atoms with Crippen molar-refractivity contribution < 1.29 is 19.5 Å². The van der Waals surface area contributed by atoms with Crippen LogP contribution in [0.15, 0.2) is 11.6 Å². The van der Waals surface area contributed by atoms with Gasteiger partial charge in [0.05, 0.1) is 7.45 Å². The monoisotopic (exact) mass is 295 g/mol. The normalized spacial score (nSPS) is 68.3. The highest BCUT2D eigenvalue weighted by molar-refractivity contribution is 5.87. The molecule has 21 heavy (non-hydrogen) atoms. The zero-order valence-corrected chi connectivity index (χ0v) is 12.7. The minimum absolute atomic E-state index is 0.0300. The number of carbonyl (C=O) groups excluding carboxylic acids is 1. The minimum atomic E-state index is -2.87. The van der Waals surface area contributed by atoms with Crippen LogP contribution in [0.5, 0.6) is 0 Å². The summed E-state index contributed by atoms with van der Waals surface area (Å²) in [5.74, 6) is -0.624. The number of hydrogen-bond donors (Lipinski definition) is 1. The maximum Gasteiger partial charge on any atom is 0.139 e. The SMILES string of the molecule is [2H]C1([2H])C[C@H]2[C@@H]3CC=C4C([2H])([2H])[C@@]([2H])(O)C([2H])([2H])C[C@]4(C)[C@H]3CC[C@]2(C)C1=O. The van der Waals surface area contributed by atoms with Crippen LogP contribution in [0.25, 0.3) is 0 Å². The van der Waals surface area contributed by atoms with Crippen molar-refractivity contribution in [2.45, 2.75) is 71.2 Å². The molecule has 3 saturated carbocycles. The van der Waals surface area contributed by atoms with Crippen molar-refractivity contribution >= 4 is 5.78 Å². The number of rotatable bonds is 0. The van der Waals surface area contributed by atoms with E-state index in [2.05, 4.69) is 0 Å². The third-order valence-electron chi connectivity index (χ3n) is 6.73. The zero-order chi connectivity index (χ0) is 21.1. The molecule has 0 spiro atoms. The van der Waals surface area contributed by atoms with E-state index in [4.69, 9.17) is 9.60 Å². The van der Waals surface area contributed by atoms with E-state index in [1.54, 1.807) is 6.08 Å². The molecule has 0 aromatic rings. The molecule has 0 aliphatic heterocycles. The van der Waals surface area contributed by atoms with Crippen LogP contribution in [0.1, 0.15) is 74.7 Å². The third-order valence-corrected chi connectivity index (χ3v) is 6.73. The smallest absolute Gasteiger partial charge is 0.139 e. The Morgan fingerprint density at radius 3 is 2.86 bits per heavy atom. The average Bonchev–Trinajstić information content (AvgIpc) is 2.72. The molecule has 0 amide bonds. The largest absolute Gasteiger partial charge is 0.393 e. The lowest BCUT2D eigenvalue weighted by Gasteiger charge is -2.56. The van der Waals surface area contributed by atoms with Crippen LogP contribution in [0, 0.1) is 28.6 Å². The predicted molar refractivity (Wildman–Crippen MR) is 82.7 cm³/mol. The Bertz CT molecular complexity index is 774. The number of carbonyl (C=O) groups is 1. The van der Waals surface area contributed by atoms with Gasteiger partial charge in [0.1, 0.15) is 5.78 Å². The second-order valence-electron chi connectivity index (χ2n) is 7.64. The van der Waals surface area contributed by atoms with E-state index in [1.165, 1.54) is 0 Å². The highest BCUT2D eigenvalue weighted by Gasteiger charge is 2.58. The molecule has 0 bridgehead atoms. The molecule has 6 atom stereocenters. The van der Waals surface area contributed by atoms with Crippen LogP contribution in [0.4, 0.5) is 0 Å². The third kappa shape index (κ3) is 1.78. The number of hydrogen-bond acceptors (Lipinski definition) is 2. The van der Waals surface area contributed by atoms with Crippen LogP contribution >= 0.6 is 0 Å². The number of aliphatic hydroxyl groups is 1. The summed E-state index contributed by atoms with van der Waals surface area (Å²) >= 11 is 0. The first-order chi connectivity index (χ1) is 12.5. The number of allylic oxidation sites excluding steroid dienone is 1. The van der Waals surface area contributed by atoms with Gasteiger partial charge in [0, 0.05) is 20.0 Å². The fourth-order valence-corrected chi connectivity index (χ4v) is 5.34. The Morgan fingerprint density at radius 2 is 2.05 bits per heavy atom. The van der Waals surface area contributed by atoms with Crippen molar-refractivity contribution in [3.63, 3.8) is 0 Å². The molecule has 0 heterocycles. The molecule has 0 aromatic carbocycles. The zero-order valence-electron chi connectivity index (χ0n) is 19.7. The summed E-state index contributed by atoms with van der Waals surface area (Å²) in [6.07, 6.45) is -6.38. The number of fused-ring (bicyclic) bond motifs is 5. The first kappa shape index (κ1) is 8.29. The quantitative estimate of drug-likeness (QED) is 0.689. The molecular weight excluding hydrogens is 260 g/mol. The van der Waals surface area contributed by atoms with Gasteiger partial charge < -0.3 is 5.11 Å². The second kappa shape index (κ2) is 4.44. The first-order valence-electron chi connectivity index (χ1n) is 11.5. The molecular formula is C19H28O2. The van der Waals surface area contributed by atoms with E-state index in [1.807, 2.05) is 13.8 Å². The van der Waals surface area contributed by atoms with Crippen molar-refractivity contribution in [1.82, 2.24) is 0 Å². The fourth-order valence-electron chi connectivity index (χ4n) is 5.34. The highest BCUT2D eigenvalue weighted by atomic mass is 16.3. The Labute approximate surface area is 137 Å². The topological polar surface area (TPSA) is 37.3 Å². The second-order valence-corrected chi connectivity index (χ2v) is 7.64. The average molecular weight is 295 g/mol. The Hall–Kier alpha value is -0.630. The summed E-state index contributed by atoms with van der Waals surface area (Å²) in [6, 6.07) is 0. The van der Waals surface area contributed by atoms with E-state index < -0.39 is 36.0 Å². The molecule has 4 aliphatic carbocycles. The Balaban J connectivity index is 1.81. The van der Waals surface area contributed by atoms with Gasteiger partial charge in [-0.05, 0) is 68.0 Å². The van der Waals surface area contributed by atoms with Crippen LogP contribution < -0.4 is 0 Å². The lowest BCUT2D eigenvalue weighted by atomic mass is 9.48. The molecule has 0 aromatic heterocycles. The highest BCUT2D eigenvalue weighted by Crippen LogP contribution is 2.63. The molecule has 0 radical (unpaired) electrons. The van der Waals surface area contributed by atoms with E-state index in [-0.39, 0.29) is 36.4 Å². The van der Waals surface area contributed by atoms with Gasteiger partial charge in [0.25, 0.3) is 0 Å². The molecule has 2 nitrogen and oxygen atoms in total. The van der Waals surface area contributed by atoms with Gasteiger partial charge in [-0.25, -0.2) is 0 Å². The van der Waals surface area contributed by atoms with Crippen LogP contribution in [0.2, 0.25) is 0 Å². The molecule has 0 saturated heterocycles. The summed E-state index contributed by atoms with van der Waals surface area (Å²) in [7, 11) is 0. The van der Waals surface area contributed by atoms with Gasteiger partial charge in [-0.1, -0.05) is 25.5 Å². The molecule has 3 fully saturated rings. The minimum Gasteiger partial charge on any atom is -0.393 e. The van der Waals surface area contributed by atoms with Gasteiger partial charge in [-0.2, -0.15) is 0 Å². The number of ketones is 1. The summed E-state index contributed by atoms with van der Waals surface area (Å²) in [5.41, 5.74) is -1.30. The summed E-state index contributed by atoms with van der Waals surface area (Å²) < 4.78 is 57.8. The van der Waals surface area contributed by atoms with Gasteiger partial charge in [0.15, 0.2) is 0 Å². The van der Waals surface area contributed by atoms with E-state index >= 15 is 0 Å². The maximum absolute atomic E-state index is 12.7. The standard InChI is InChI=1S/C19H28O2/c1-18-9-7-13(20)11-12(18)3-4-14-15-5-6-17(21)19(15,2)10-8-16(14)18/h3,13-16,20H,4-11H2,1-2H3/t13-,14-,15-,16-,18-,19-/m0/s1/i6D2,7D2,11D2,13D. The molecule has 116 valence electrons. The van der Waals surface area contributed by atoms with Crippen molar-refractivity contribution in [3.8, 4) is 0 Å². The van der Waals surface area contributed by atoms with Crippen molar-refractivity contribution in [2.75, 3.05) is 0 Å². The Morgan fingerprint density at radius 1 is 1.29 bits per heavy atom. The predicted octanol–water partition coefficient (Wildman–Crippen LogP) is 3.88. The number of Topliss-reactive ketones (excluding diaryl/α,β-unsaturated/α-hetero) is 1. The van der Waals surface area contributed by atoms with E-state index in [0.717, 1.165) is 0 Å². The van der Waals surface area contributed by atoms with Gasteiger partial charge in [0.2, 0.25) is 0 Å². The van der Waals surface area contributed by atoms with E-state index in [9.17, 15) is 9.90 Å². The van der Waals surface area contributed by atoms with Gasteiger partial charge in [-0.3, -0.25) is 4.79 Å². The first-order valence-corrected chi connectivity index (χ1v) is 8.01. The fraction of sp³-hybridized carbons (Fsp3) is 0.842. The van der Waals surface area contributed by atoms with Crippen LogP contribution in [0.3, 0.4) is 0 Å². The van der Waals surface area contributed by atoms with Crippen LogP contribution in [-0.4, -0.2) is 17.0 Å². The molecule has 1 N–H and O–H groups in total. The van der Waals surface area contributed by atoms with Crippen molar-refractivity contribution in [3.05, 3.63) is 11.6 Å². The summed E-state index contributed by atoms with van der Waals surface area (Å²) in [4.78, 5) is 12.7. The maximum atomic E-state index is 12.7. The molecule has 0 unspecified atom stereocenters. The van der Waals surface area contributed by atoms with Crippen molar-refractivity contribution in [1.29, 1.82) is 0 Å².